The van der Waals surface area contributed by atoms with E-state index in [9.17, 15) is 4.79 Å². The van der Waals surface area contributed by atoms with E-state index in [-0.39, 0.29) is 0 Å². The second-order valence-electron chi connectivity index (χ2n) is 4.76. The number of nitrogens with two attached hydrogens (primary N) is 1. The van der Waals surface area contributed by atoms with E-state index in [4.69, 9.17) is 10.5 Å². The smallest absolute Gasteiger partial charge is 0.341 e. The summed E-state index contributed by atoms with van der Waals surface area (Å²) >= 11 is 0. The predicted octanol–water partition coefficient (Wildman–Crippen LogP) is 2.15. The molecule has 0 aliphatic rings. The zero-order valence-electron chi connectivity index (χ0n) is 11.4. The lowest BCUT2D eigenvalue weighted by molar-refractivity contribution is 0.0601. The quantitative estimate of drug-likeness (QED) is 0.784. The minimum Gasteiger partial charge on any atom is -0.465 e. The van der Waals surface area contributed by atoms with Gasteiger partial charge in [0.05, 0.1) is 19.0 Å². The van der Waals surface area contributed by atoms with E-state index < -0.39 is 5.97 Å². The molecule has 0 spiro atoms. The fourth-order valence-electron chi connectivity index (χ4n) is 1.38. The SMILES string of the molecule is COC(=O)c1cc(N)cnc1NCC(C)C(C)C. The Hall–Kier alpha value is -1.78. The first kappa shape index (κ1) is 14.3. The van der Waals surface area contributed by atoms with Crippen molar-refractivity contribution in [1.82, 2.24) is 4.98 Å². The van der Waals surface area contributed by atoms with Crippen molar-refractivity contribution in [3.8, 4) is 0 Å². The number of aromatic nitrogens is 1. The van der Waals surface area contributed by atoms with Crippen LogP contribution in [0.2, 0.25) is 0 Å². The molecule has 0 saturated heterocycles. The highest BCUT2D eigenvalue weighted by molar-refractivity contribution is 5.95. The molecule has 0 aliphatic heterocycles. The second-order valence-corrected chi connectivity index (χ2v) is 4.76. The van der Waals surface area contributed by atoms with Crippen LogP contribution in [-0.4, -0.2) is 24.6 Å². The molecule has 0 radical (unpaired) electrons. The average Bonchev–Trinajstić information content (AvgIpc) is 2.35. The largest absolute Gasteiger partial charge is 0.465 e. The van der Waals surface area contributed by atoms with Crippen LogP contribution >= 0.6 is 0 Å². The third-order valence-corrected chi connectivity index (χ3v) is 3.04. The molecule has 1 aromatic heterocycles. The third-order valence-electron chi connectivity index (χ3n) is 3.04. The van der Waals surface area contributed by atoms with Gasteiger partial charge in [0.25, 0.3) is 0 Å². The highest BCUT2D eigenvalue weighted by atomic mass is 16.5. The summed E-state index contributed by atoms with van der Waals surface area (Å²) in [5, 5.41) is 3.17. The van der Waals surface area contributed by atoms with Crippen LogP contribution in [0.1, 0.15) is 31.1 Å². The number of esters is 1. The standard InChI is InChI=1S/C13H21N3O2/c1-8(2)9(3)6-15-12-11(13(17)18-4)5-10(14)7-16-12/h5,7-9H,6,14H2,1-4H3,(H,15,16). The second kappa shape index (κ2) is 6.23. The number of carbonyl (C=O) groups excluding carboxylic acids is 1. The van der Waals surface area contributed by atoms with E-state index in [1.54, 1.807) is 6.07 Å². The number of nitrogens with zero attached hydrogens (tertiary/aromatic N) is 1. The van der Waals surface area contributed by atoms with Crippen LogP contribution in [0.5, 0.6) is 0 Å². The number of nitrogen functional groups attached to an aromatic ring is 1. The molecule has 0 saturated carbocycles. The first-order valence-corrected chi connectivity index (χ1v) is 6.03. The monoisotopic (exact) mass is 251 g/mol. The lowest BCUT2D eigenvalue weighted by atomic mass is 9.98. The molecule has 1 unspecified atom stereocenters. The molecule has 0 aliphatic carbocycles. The van der Waals surface area contributed by atoms with Crippen molar-refractivity contribution in [1.29, 1.82) is 0 Å². The number of pyridine rings is 1. The molecule has 5 nitrogen and oxygen atoms in total. The van der Waals surface area contributed by atoms with Gasteiger partial charge in [-0.05, 0) is 17.9 Å². The number of hydrogen-bond donors (Lipinski definition) is 2. The van der Waals surface area contributed by atoms with Gasteiger partial charge in [-0.15, -0.1) is 0 Å². The zero-order chi connectivity index (χ0) is 13.7. The van der Waals surface area contributed by atoms with Crippen molar-refractivity contribution in [2.75, 3.05) is 24.7 Å². The Bertz CT molecular complexity index is 419. The van der Waals surface area contributed by atoms with Gasteiger partial charge in [0.1, 0.15) is 11.4 Å². The van der Waals surface area contributed by atoms with E-state index in [1.165, 1.54) is 13.3 Å². The van der Waals surface area contributed by atoms with Gasteiger partial charge in [-0.3, -0.25) is 0 Å². The van der Waals surface area contributed by atoms with Gasteiger partial charge >= 0.3 is 5.97 Å². The first-order chi connectivity index (χ1) is 8.45. The summed E-state index contributed by atoms with van der Waals surface area (Å²) in [4.78, 5) is 15.7. The molecule has 0 fully saturated rings. The van der Waals surface area contributed by atoms with E-state index in [2.05, 4.69) is 31.1 Å². The van der Waals surface area contributed by atoms with Gasteiger partial charge in [0, 0.05) is 6.54 Å². The van der Waals surface area contributed by atoms with Crippen LogP contribution in [0.25, 0.3) is 0 Å². The van der Waals surface area contributed by atoms with Crippen molar-refractivity contribution in [2.24, 2.45) is 11.8 Å². The van der Waals surface area contributed by atoms with Crippen LogP contribution in [0, 0.1) is 11.8 Å². The molecule has 18 heavy (non-hydrogen) atoms. The highest BCUT2D eigenvalue weighted by Crippen LogP contribution is 2.18. The van der Waals surface area contributed by atoms with Crippen molar-refractivity contribution in [2.45, 2.75) is 20.8 Å². The first-order valence-electron chi connectivity index (χ1n) is 6.03. The number of ether oxygens (including phenoxy) is 1. The number of carbonyl (C=O) groups is 1. The molecular weight excluding hydrogens is 230 g/mol. The Morgan fingerprint density at radius 1 is 1.50 bits per heavy atom. The molecule has 0 bridgehead atoms. The van der Waals surface area contributed by atoms with E-state index in [0.717, 1.165) is 6.54 Å². The highest BCUT2D eigenvalue weighted by Gasteiger charge is 2.15. The van der Waals surface area contributed by atoms with Gasteiger partial charge in [-0.2, -0.15) is 0 Å². The molecule has 1 heterocycles. The number of nitrogens with one attached hydrogen (secondary N) is 1. The summed E-state index contributed by atoms with van der Waals surface area (Å²) in [5.41, 5.74) is 6.44. The number of rotatable bonds is 5. The summed E-state index contributed by atoms with van der Waals surface area (Å²) < 4.78 is 4.71. The predicted molar refractivity (Wildman–Crippen MR) is 72.5 cm³/mol. The minimum absolute atomic E-state index is 0.369. The van der Waals surface area contributed by atoms with Crippen LogP contribution in [-0.2, 0) is 4.74 Å². The topological polar surface area (TPSA) is 77.2 Å². The maximum absolute atomic E-state index is 11.6. The van der Waals surface area contributed by atoms with Gasteiger partial charge in [-0.1, -0.05) is 20.8 Å². The van der Waals surface area contributed by atoms with Gasteiger partial charge < -0.3 is 15.8 Å². The molecule has 100 valence electrons. The summed E-state index contributed by atoms with van der Waals surface area (Å²) in [6.45, 7) is 7.21. The van der Waals surface area contributed by atoms with Crippen LogP contribution in [0.3, 0.4) is 0 Å². The normalized spacial score (nSPS) is 12.3. The number of methoxy groups -OCH3 is 1. The summed E-state index contributed by atoms with van der Waals surface area (Å²) in [6.07, 6.45) is 1.52. The van der Waals surface area contributed by atoms with E-state index >= 15 is 0 Å². The Morgan fingerprint density at radius 3 is 2.72 bits per heavy atom. The average molecular weight is 251 g/mol. The Kier molecular flexibility index (Phi) is 4.95. The summed E-state index contributed by atoms with van der Waals surface area (Å²) in [7, 11) is 1.34. The van der Waals surface area contributed by atoms with Crippen molar-refractivity contribution in [3.63, 3.8) is 0 Å². The van der Waals surface area contributed by atoms with Crippen molar-refractivity contribution >= 4 is 17.5 Å². The molecular formula is C13H21N3O2. The third kappa shape index (κ3) is 3.61. The molecule has 5 heteroatoms. The maximum Gasteiger partial charge on any atom is 0.341 e. The lowest BCUT2D eigenvalue weighted by Gasteiger charge is -2.17. The number of anilines is 2. The van der Waals surface area contributed by atoms with Gasteiger partial charge in [-0.25, -0.2) is 9.78 Å². The number of hydrogen-bond acceptors (Lipinski definition) is 5. The summed E-state index contributed by atoms with van der Waals surface area (Å²) in [5.74, 6) is 1.13. The van der Waals surface area contributed by atoms with Crippen LogP contribution in [0.4, 0.5) is 11.5 Å². The zero-order valence-corrected chi connectivity index (χ0v) is 11.4. The Balaban J connectivity index is 2.85. The molecule has 1 atom stereocenters. The molecule has 0 aromatic carbocycles. The van der Waals surface area contributed by atoms with Gasteiger partial charge in [0.15, 0.2) is 0 Å². The van der Waals surface area contributed by atoms with E-state index in [0.29, 0.717) is 28.9 Å². The molecule has 3 N–H and O–H groups in total. The Labute approximate surface area is 108 Å². The van der Waals surface area contributed by atoms with E-state index in [1.807, 2.05) is 0 Å². The van der Waals surface area contributed by atoms with Crippen molar-refractivity contribution < 1.29 is 9.53 Å². The van der Waals surface area contributed by atoms with Crippen molar-refractivity contribution in [3.05, 3.63) is 17.8 Å². The van der Waals surface area contributed by atoms with Gasteiger partial charge in [0.2, 0.25) is 0 Å². The fourth-order valence-corrected chi connectivity index (χ4v) is 1.38. The fraction of sp³-hybridized carbons (Fsp3) is 0.538. The minimum atomic E-state index is -0.436. The van der Waals surface area contributed by atoms with Crippen LogP contribution < -0.4 is 11.1 Å². The molecule has 1 aromatic rings. The maximum atomic E-state index is 11.6. The molecule has 0 amide bonds. The molecule has 1 rings (SSSR count). The Morgan fingerprint density at radius 2 is 2.17 bits per heavy atom. The lowest BCUT2D eigenvalue weighted by Crippen LogP contribution is -2.19. The van der Waals surface area contributed by atoms with Crippen LogP contribution in [0.15, 0.2) is 12.3 Å². The summed E-state index contributed by atoms with van der Waals surface area (Å²) in [6, 6.07) is 1.57.